The Morgan fingerprint density at radius 2 is 1.87 bits per heavy atom. The molecule has 0 bridgehead atoms. The van der Waals surface area contributed by atoms with Crippen molar-refractivity contribution in [2.45, 2.75) is 53.0 Å². The maximum atomic E-state index is 3.80. The number of allylic oxidation sites excluding steroid dienone is 2. The highest BCUT2D eigenvalue weighted by Crippen LogP contribution is 2.18. The third kappa shape index (κ3) is 4.65. The largest absolute Gasteiger partial charge is 0.301 e. The van der Waals surface area contributed by atoms with Crippen LogP contribution in [0.15, 0.2) is 23.8 Å². The Morgan fingerprint density at radius 3 is 2.27 bits per heavy atom. The fraction of sp³-hybridized carbons (Fsp3) is 0.714. The molecular formula is C14H27N. The second kappa shape index (κ2) is 6.12. The van der Waals surface area contributed by atoms with E-state index in [1.54, 1.807) is 0 Å². The maximum absolute atomic E-state index is 3.80. The van der Waals surface area contributed by atoms with E-state index in [1.807, 2.05) is 6.08 Å². The summed E-state index contributed by atoms with van der Waals surface area (Å²) in [5.74, 6) is 0. The van der Waals surface area contributed by atoms with E-state index in [0.29, 0.717) is 5.54 Å². The highest BCUT2D eigenvalue weighted by atomic mass is 15.2. The molecular weight excluding hydrogens is 182 g/mol. The Labute approximate surface area is 95.9 Å². The van der Waals surface area contributed by atoms with Gasteiger partial charge >= 0.3 is 0 Å². The van der Waals surface area contributed by atoms with E-state index in [1.165, 1.54) is 17.6 Å². The van der Waals surface area contributed by atoms with Crippen LogP contribution < -0.4 is 0 Å². The molecule has 0 unspecified atom stereocenters. The second-order valence-corrected chi connectivity index (χ2v) is 5.01. The van der Waals surface area contributed by atoms with Gasteiger partial charge in [-0.1, -0.05) is 30.7 Å². The molecule has 0 amide bonds. The lowest BCUT2D eigenvalue weighted by atomic mass is 9.99. The molecule has 1 heteroatoms. The van der Waals surface area contributed by atoms with Crippen molar-refractivity contribution in [3.63, 3.8) is 0 Å². The van der Waals surface area contributed by atoms with Crippen LogP contribution in [0.4, 0.5) is 0 Å². The first kappa shape index (κ1) is 14.4. The van der Waals surface area contributed by atoms with Gasteiger partial charge in [0.05, 0.1) is 0 Å². The summed E-state index contributed by atoms with van der Waals surface area (Å²) in [6.45, 7) is 16.1. The summed E-state index contributed by atoms with van der Waals surface area (Å²) in [7, 11) is 2.21. The van der Waals surface area contributed by atoms with Crippen molar-refractivity contribution in [2.75, 3.05) is 13.6 Å². The summed E-state index contributed by atoms with van der Waals surface area (Å²) in [6.07, 6.45) is 4.27. The molecule has 0 saturated heterocycles. The molecule has 0 saturated carbocycles. The van der Waals surface area contributed by atoms with Crippen LogP contribution in [-0.2, 0) is 0 Å². The monoisotopic (exact) mass is 209 g/mol. The highest BCUT2D eigenvalue weighted by Gasteiger charge is 2.20. The normalized spacial score (nSPS) is 14.1. The van der Waals surface area contributed by atoms with Crippen molar-refractivity contribution in [1.82, 2.24) is 4.90 Å². The standard InChI is InChI=1S/C14H27N/c1-8-12(3)13(4)10-11-15(7)14(5,6)9-2/h8H,1,9-11H2,2-7H3. The van der Waals surface area contributed by atoms with Crippen LogP contribution in [0, 0.1) is 0 Å². The van der Waals surface area contributed by atoms with Gasteiger partial charge in [-0.05, 0) is 47.6 Å². The summed E-state index contributed by atoms with van der Waals surface area (Å²) in [6, 6.07) is 0. The first-order valence-electron chi connectivity index (χ1n) is 5.85. The zero-order chi connectivity index (χ0) is 12.1. The van der Waals surface area contributed by atoms with Crippen LogP contribution in [-0.4, -0.2) is 24.0 Å². The first-order valence-corrected chi connectivity index (χ1v) is 5.85. The minimum absolute atomic E-state index is 0.308. The van der Waals surface area contributed by atoms with E-state index in [-0.39, 0.29) is 0 Å². The summed E-state index contributed by atoms with van der Waals surface area (Å²) >= 11 is 0. The van der Waals surface area contributed by atoms with Crippen molar-refractivity contribution in [2.24, 2.45) is 0 Å². The molecule has 0 aliphatic carbocycles. The van der Waals surface area contributed by atoms with Crippen LogP contribution in [0.25, 0.3) is 0 Å². The zero-order valence-electron chi connectivity index (χ0n) is 11.4. The van der Waals surface area contributed by atoms with Crippen molar-refractivity contribution in [3.05, 3.63) is 23.8 Å². The lowest BCUT2D eigenvalue weighted by Crippen LogP contribution is -2.41. The molecule has 0 N–H and O–H groups in total. The van der Waals surface area contributed by atoms with Gasteiger partial charge < -0.3 is 4.90 Å². The topological polar surface area (TPSA) is 3.24 Å². The van der Waals surface area contributed by atoms with Crippen LogP contribution in [0.2, 0.25) is 0 Å². The second-order valence-electron chi connectivity index (χ2n) is 5.01. The zero-order valence-corrected chi connectivity index (χ0v) is 11.4. The average Bonchev–Trinajstić information content (AvgIpc) is 2.23. The van der Waals surface area contributed by atoms with E-state index in [0.717, 1.165) is 13.0 Å². The Hall–Kier alpha value is -0.560. The summed E-state index contributed by atoms with van der Waals surface area (Å²) in [5.41, 5.74) is 3.07. The summed E-state index contributed by atoms with van der Waals surface area (Å²) < 4.78 is 0. The fourth-order valence-corrected chi connectivity index (χ4v) is 1.28. The van der Waals surface area contributed by atoms with Crippen molar-refractivity contribution >= 4 is 0 Å². The summed E-state index contributed by atoms with van der Waals surface area (Å²) in [5, 5.41) is 0. The Kier molecular flexibility index (Phi) is 5.89. The van der Waals surface area contributed by atoms with E-state index in [2.05, 4.69) is 53.1 Å². The van der Waals surface area contributed by atoms with Gasteiger partial charge in [-0.15, -0.1) is 0 Å². The fourth-order valence-electron chi connectivity index (χ4n) is 1.28. The van der Waals surface area contributed by atoms with E-state index < -0.39 is 0 Å². The third-order valence-electron chi connectivity index (χ3n) is 3.70. The molecule has 0 radical (unpaired) electrons. The lowest BCUT2D eigenvalue weighted by molar-refractivity contribution is 0.153. The third-order valence-corrected chi connectivity index (χ3v) is 3.70. The van der Waals surface area contributed by atoms with Gasteiger partial charge in [-0.3, -0.25) is 0 Å². The Balaban J connectivity index is 4.23. The molecule has 1 nitrogen and oxygen atoms in total. The first-order chi connectivity index (χ1) is 6.85. The van der Waals surface area contributed by atoms with Crippen LogP contribution >= 0.6 is 0 Å². The van der Waals surface area contributed by atoms with Crippen molar-refractivity contribution in [1.29, 1.82) is 0 Å². The molecule has 0 aromatic rings. The van der Waals surface area contributed by atoms with Crippen LogP contribution in [0.1, 0.15) is 47.5 Å². The SMILES string of the molecule is C=CC(C)=C(C)CCN(C)C(C)(C)CC. The molecule has 88 valence electrons. The molecule has 0 aromatic carbocycles. The molecule has 0 aliphatic rings. The number of hydrogen-bond donors (Lipinski definition) is 0. The molecule has 0 rings (SSSR count). The number of hydrogen-bond acceptors (Lipinski definition) is 1. The highest BCUT2D eigenvalue weighted by molar-refractivity contribution is 5.20. The van der Waals surface area contributed by atoms with Crippen molar-refractivity contribution in [3.8, 4) is 0 Å². The van der Waals surface area contributed by atoms with Crippen LogP contribution in [0.5, 0.6) is 0 Å². The molecule has 0 atom stereocenters. The molecule has 0 heterocycles. The van der Waals surface area contributed by atoms with E-state index in [9.17, 15) is 0 Å². The number of nitrogens with zero attached hydrogens (tertiary/aromatic N) is 1. The molecule has 15 heavy (non-hydrogen) atoms. The minimum Gasteiger partial charge on any atom is -0.301 e. The van der Waals surface area contributed by atoms with Gasteiger partial charge in [0.15, 0.2) is 0 Å². The summed E-state index contributed by atoms with van der Waals surface area (Å²) in [4.78, 5) is 2.44. The lowest BCUT2D eigenvalue weighted by Gasteiger charge is -2.35. The van der Waals surface area contributed by atoms with E-state index in [4.69, 9.17) is 0 Å². The van der Waals surface area contributed by atoms with Gasteiger partial charge in [-0.2, -0.15) is 0 Å². The van der Waals surface area contributed by atoms with Gasteiger partial charge in [0.2, 0.25) is 0 Å². The molecule has 0 fully saturated rings. The van der Waals surface area contributed by atoms with Gasteiger partial charge in [0.1, 0.15) is 0 Å². The maximum Gasteiger partial charge on any atom is 0.0147 e. The van der Waals surface area contributed by atoms with Gasteiger partial charge in [0, 0.05) is 12.1 Å². The predicted octanol–water partition coefficient (Wildman–Crippen LogP) is 4.02. The smallest absolute Gasteiger partial charge is 0.0147 e. The van der Waals surface area contributed by atoms with Crippen LogP contribution in [0.3, 0.4) is 0 Å². The Bertz CT molecular complexity index is 236. The minimum atomic E-state index is 0.308. The molecule has 0 spiro atoms. The van der Waals surface area contributed by atoms with E-state index >= 15 is 0 Å². The predicted molar refractivity (Wildman–Crippen MR) is 70.2 cm³/mol. The van der Waals surface area contributed by atoms with Crippen molar-refractivity contribution < 1.29 is 0 Å². The number of rotatable bonds is 6. The quantitative estimate of drug-likeness (QED) is 0.597. The van der Waals surface area contributed by atoms with Gasteiger partial charge in [0.25, 0.3) is 0 Å². The average molecular weight is 209 g/mol. The molecule has 0 aromatic heterocycles. The molecule has 0 aliphatic heterocycles. The van der Waals surface area contributed by atoms with Gasteiger partial charge in [-0.25, -0.2) is 0 Å². The Morgan fingerprint density at radius 1 is 1.33 bits per heavy atom.